The quantitative estimate of drug-likeness (QED) is 0.724. The summed E-state index contributed by atoms with van der Waals surface area (Å²) >= 11 is 1.64. The molecule has 1 aromatic rings. The van der Waals surface area contributed by atoms with E-state index in [2.05, 4.69) is 5.32 Å². The van der Waals surface area contributed by atoms with Crippen molar-refractivity contribution >= 4 is 23.5 Å². The van der Waals surface area contributed by atoms with Crippen molar-refractivity contribution in [3.05, 3.63) is 35.9 Å². The summed E-state index contributed by atoms with van der Waals surface area (Å²) in [6, 6.07) is 8.33. The Bertz CT molecular complexity index is 395. The van der Waals surface area contributed by atoms with E-state index in [1.54, 1.807) is 36.0 Å². The summed E-state index contributed by atoms with van der Waals surface area (Å²) in [5.74, 6) is 0.454. The molecule has 1 aromatic carbocycles. The van der Waals surface area contributed by atoms with Gasteiger partial charge in [0.1, 0.15) is 0 Å². The van der Waals surface area contributed by atoms with Crippen LogP contribution >= 0.6 is 11.8 Å². The third kappa shape index (κ3) is 4.89. The van der Waals surface area contributed by atoms with E-state index in [0.29, 0.717) is 12.0 Å². The summed E-state index contributed by atoms with van der Waals surface area (Å²) in [5.41, 5.74) is 6.28. The van der Waals surface area contributed by atoms with Crippen LogP contribution in [-0.2, 0) is 4.79 Å². The lowest BCUT2D eigenvalue weighted by molar-refractivity contribution is -0.122. The molecule has 4 nitrogen and oxygen atoms in total. The highest BCUT2D eigenvalue weighted by Gasteiger charge is 2.14. The van der Waals surface area contributed by atoms with E-state index in [0.717, 1.165) is 5.75 Å². The first kappa shape index (κ1) is 14.7. The zero-order valence-electron chi connectivity index (χ0n) is 10.4. The van der Waals surface area contributed by atoms with Crippen LogP contribution in [0.3, 0.4) is 0 Å². The molecular formula is C13H18N2O2S. The molecule has 0 aromatic heterocycles. The molecule has 5 heteroatoms. The molecule has 0 fully saturated rings. The average Bonchev–Trinajstić information content (AvgIpc) is 2.42. The Balaban J connectivity index is 2.36. The largest absolute Gasteiger partial charge is 0.347 e. The number of rotatable bonds is 7. The third-order valence-corrected chi connectivity index (χ3v) is 3.13. The van der Waals surface area contributed by atoms with Crippen LogP contribution in [0.1, 0.15) is 16.8 Å². The van der Waals surface area contributed by atoms with Crippen LogP contribution in [0.5, 0.6) is 0 Å². The van der Waals surface area contributed by atoms with Crippen molar-refractivity contribution in [1.29, 1.82) is 0 Å². The molecule has 98 valence electrons. The summed E-state index contributed by atoms with van der Waals surface area (Å²) < 4.78 is 0. The topological polar surface area (TPSA) is 72.2 Å². The van der Waals surface area contributed by atoms with Crippen LogP contribution in [0.4, 0.5) is 0 Å². The molecular weight excluding hydrogens is 248 g/mol. The first-order valence-electron chi connectivity index (χ1n) is 5.75. The number of benzene rings is 1. The zero-order valence-corrected chi connectivity index (χ0v) is 11.2. The summed E-state index contributed by atoms with van der Waals surface area (Å²) in [7, 11) is 0. The van der Waals surface area contributed by atoms with E-state index >= 15 is 0 Å². The van der Waals surface area contributed by atoms with Crippen LogP contribution in [0.2, 0.25) is 0 Å². The molecule has 3 N–H and O–H groups in total. The van der Waals surface area contributed by atoms with Gasteiger partial charge in [-0.15, -0.1) is 0 Å². The minimum atomic E-state index is -0.541. The highest BCUT2D eigenvalue weighted by molar-refractivity contribution is 7.98. The minimum Gasteiger partial charge on any atom is -0.347 e. The number of nitrogens with one attached hydrogen (secondary N) is 1. The summed E-state index contributed by atoms with van der Waals surface area (Å²) in [6.45, 7) is -0.00415. The Hall–Kier alpha value is -1.33. The second-order valence-corrected chi connectivity index (χ2v) is 4.88. The van der Waals surface area contributed by atoms with Crippen LogP contribution in [0.15, 0.2) is 30.3 Å². The fraction of sp³-hybridized carbons (Fsp3) is 0.385. The Morgan fingerprint density at radius 3 is 2.61 bits per heavy atom. The van der Waals surface area contributed by atoms with E-state index in [9.17, 15) is 9.59 Å². The second-order valence-electron chi connectivity index (χ2n) is 3.89. The number of amides is 1. The number of hydrogen-bond acceptors (Lipinski definition) is 4. The van der Waals surface area contributed by atoms with Gasteiger partial charge < -0.3 is 11.1 Å². The van der Waals surface area contributed by atoms with E-state index < -0.39 is 6.04 Å². The van der Waals surface area contributed by atoms with E-state index in [-0.39, 0.29) is 18.2 Å². The van der Waals surface area contributed by atoms with Crippen molar-refractivity contribution in [1.82, 2.24) is 5.32 Å². The molecule has 0 heterocycles. The molecule has 0 spiro atoms. The smallest absolute Gasteiger partial charge is 0.237 e. The van der Waals surface area contributed by atoms with Gasteiger partial charge in [-0.3, -0.25) is 9.59 Å². The highest BCUT2D eigenvalue weighted by atomic mass is 32.2. The lowest BCUT2D eigenvalue weighted by atomic mass is 10.1. The molecule has 1 amide bonds. The number of thioether (sulfide) groups is 1. The third-order valence-electron chi connectivity index (χ3n) is 2.49. The number of hydrogen-bond donors (Lipinski definition) is 2. The molecule has 18 heavy (non-hydrogen) atoms. The van der Waals surface area contributed by atoms with Crippen LogP contribution < -0.4 is 11.1 Å². The maximum absolute atomic E-state index is 11.7. The maximum Gasteiger partial charge on any atom is 0.237 e. The minimum absolute atomic E-state index is 0.00415. The maximum atomic E-state index is 11.7. The predicted octanol–water partition coefficient (Wildman–Crippen LogP) is 1.07. The van der Waals surface area contributed by atoms with Gasteiger partial charge in [-0.2, -0.15) is 11.8 Å². The Morgan fingerprint density at radius 2 is 2.00 bits per heavy atom. The Kier molecular flexibility index (Phi) is 6.46. The van der Waals surface area contributed by atoms with Gasteiger partial charge in [0.2, 0.25) is 5.91 Å². The van der Waals surface area contributed by atoms with Crippen molar-refractivity contribution in [2.75, 3.05) is 18.6 Å². The molecule has 0 bridgehead atoms. The monoisotopic (exact) mass is 266 g/mol. The van der Waals surface area contributed by atoms with Crippen molar-refractivity contribution < 1.29 is 9.59 Å². The summed E-state index contributed by atoms with van der Waals surface area (Å²) in [5, 5.41) is 2.57. The van der Waals surface area contributed by atoms with Crippen molar-refractivity contribution in [2.45, 2.75) is 12.5 Å². The molecule has 0 saturated heterocycles. The zero-order chi connectivity index (χ0) is 13.4. The molecule has 0 aliphatic rings. The first-order valence-corrected chi connectivity index (χ1v) is 7.15. The molecule has 1 unspecified atom stereocenters. The van der Waals surface area contributed by atoms with Crippen molar-refractivity contribution in [3.8, 4) is 0 Å². The standard InChI is InChI=1S/C13H18N2O2S/c1-18-8-7-11(14)13(17)15-9-12(16)10-5-3-2-4-6-10/h2-6,11H,7-9,14H2,1H3,(H,15,17). The summed E-state index contributed by atoms with van der Waals surface area (Å²) in [6.07, 6.45) is 2.58. The van der Waals surface area contributed by atoms with Crippen molar-refractivity contribution in [3.63, 3.8) is 0 Å². The molecule has 1 atom stereocenters. The molecule has 0 saturated carbocycles. The van der Waals surface area contributed by atoms with Crippen LogP contribution in [-0.4, -0.2) is 36.3 Å². The lowest BCUT2D eigenvalue weighted by Gasteiger charge is -2.11. The second kappa shape index (κ2) is 7.89. The number of nitrogens with two attached hydrogens (primary N) is 1. The average molecular weight is 266 g/mol. The fourth-order valence-corrected chi connectivity index (χ4v) is 1.89. The lowest BCUT2D eigenvalue weighted by Crippen LogP contribution is -2.42. The van der Waals surface area contributed by atoms with Gasteiger partial charge in [-0.05, 0) is 18.4 Å². The van der Waals surface area contributed by atoms with Gasteiger partial charge in [-0.1, -0.05) is 30.3 Å². The highest BCUT2D eigenvalue weighted by Crippen LogP contribution is 2.00. The number of Topliss-reactive ketones (excluding diaryl/α,β-unsaturated/α-hetero) is 1. The first-order chi connectivity index (χ1) is 8.65. The fourth-order valence-electron chi connectivity index (χ4n) is 1.40. The SMILES string of the molecule is CSCCC(N)C(=O)NCC(=O)c1ccccc1. The van der Waals surface area contributed by atoms with Gasteiger partial charge in [-0.25, -0.2) is 0 Å². The van der Waals surface area contributed by atoms with Gasteiger partial charge >= 0.3 is 0 Å². The number of carbonyl (C=O) groups is 2. The van der Waals surface area contributed by atoms with E-state index in [1.165, 1.54) is 0 Å². The number of carbonyl (C=O) groups excluding carboxylic acids is 2. The van der Waals surface area contributed by atoms with Gasteiger partial charge in [0, 0.05) is 5.56 Å². The van der Waals surface area contributed by atoms with E-state index in [1.807, 2.05) is 12.3 Å². The van der Waals surface area contributed by atoms with Crippen molar-refractivity contribution in [2.24, 2.45) is 5.73 Å². The molecule has 0 radical (unpaired) electrons. The van der Waals surface area contributed by atoms with E-state index in [4.69, 9.17) is 5.73 Å². The molecule has 0 aliphatic heterocycles. The predicted molar refractivity (Wildman–Crippen MR) is 74.8 cm³/mol. The molecule has 1 rings (SSSR count). The normalized spacial score (nSPS) is 11.9. The van der Waals surface area contributed by atoms with Gasteiger partial charge in [0.05, 0.1) is 12.6 Å². The van der Waals surface area contributed by atoms with Gasteiger partial charge in [0.15, 0.2) is 5.78 Å². The molecule has 0 aliphatic carbocycles. The Labute approximate surface area is 111 Å². The summed E-state index contributed by atoms with van der Waals surface area (Å²) in [4.78, 5) is 23.3. The van der Waals surface area contributed by atoms with Gasteiger partial charge in [0.25, 0.3) is 0 Å². The Morgan fingerprint density at radius 1 is 1.33 bits per heavy atom. The number of ketones is 1. The van der Waals surface area contributed by atoms with Crippen LogP contribution in [0.25, 0.3) is 0 Å². The van der Waals surface area contributed by atoms with Crippen LogP contribution in [0, 0.1) is 0 Å².